The van der Waals surface area contributed by atoms with E-state index >= 15 is 0 Å². The number of nitrogens with zero attached hydrogens (tertiary/aromatic N) is 1. The number of urea groups is 1. The number of nitrogens with one attached hydrogen (secondary N) is 3. The van der Waals surface area contributed by atoms with Crippen LogP contribution < -0.4 is 20.7 Å². The van der Waals surface area contributed by atoms with Gasteiger partial charge >= 0.3 is 6.03 Å². The maximum Gasteiger partial charge on any atom is 0.323 e. The van der Waals surface area contributed by atoms with Crippen molar-refractivity contribution in [2.75, 3.05) is 44.5 Å². The molecule has 8 nitrogen and oxygen atoms in total. The van der Waals surface area contributed by atoms with Crippen LogP contribution in [-0.4, -0.2) is 62.8 Å². The highest BCUT2D eigenvalue weighted by atomic mass is 16.5. The molecule has 0 radical (unpaired) electrons. The molecule has 0 saturated carbocycles. The van der Waals surface area contributed by atoms with Crippen LogP contribution in [0.4, 0.5) is 16.2 Å². The van der Waals surface area contributed by atoms with Crippen LogP contribution in [0.2, 0.25) is 0 Å². The number of para-hydroxylation sites is 1. The molecule has 3 rings (SSSR count). The highest BCUT2D eigenvalue weighted by Crippen LogP contribution is 2.26. The summed E-state index contributed by atoms with van der Waals surface area (Å²) in [5.41, 5.74) is 1.56. The lowest BCUT2D eigenvalue weighted by molar-refractivity contribution is 0.0281. The van der Waals surface area contributed by atoms with Crippen molar-refractivity contribution >= 4 is 23.3 Å². The first-order chi connectivity index (χ1) is 15.4. The first kappa shape index (κ1) is 23.6. The number of carbonyl (C=O) groups is 2. The zero-order chi connectivity index (χ0) is 23.1. The number of carbonyl (C=O) groups excluding carboxylic acids is 2. The number of hydrogen-bond donors (Lipinski definition) is 3. The molecule has 2 aromatic rings. The molecule has 0 unspecified atom stereocenters. The fourth-order valence-corrected chi connectivity index (χ4v) is 3.55. The summed E-state index contributed by atoms with van der Waals surface area (Å²) < 4.78 is 11.6. The minimum Gasteiger partial charge on any atom is -0.491 e. The van der Waals surface area contributed by atoms with E-state index in [1.54, 1.807) is 49.4 Å². The normalized spacial score (nSPS) is 22.1. The van der Waals surface area contributed by atoms with Gasteiger partial charge in [-0.05, 0) is 43.2 Å². The number of benzene rings is 2. The van der Waals surface area contributed by atoms with Crippen molar-refractivity contribution in [1.82, 2.24) is 10.2 Å². The quantitative estimate of drug-likeness (QED) is 0.680. The zero-order valence-corrected chi connectivity index (χ0v) is 19.1. The molecule has 0 spiro atoms. The molecule has 3 amide bonds. The topological polar surface area (TPSA) is 91.9 Å². The molecule has 3 atom stereocenters. The van der Waals surface area contributed by atoms with E-state index in [-0.39, 0.29) is 24.0 Å². The van der Waals surface area contributed by atoms with E-state index in [0.717, 1.165) is 6.54 Å². The number of ether oxygens (including phenoxy) is 2. The Morgan fingerprint density at radius 2 is 1.84 bits per heavy atom. The van der Waals surface area contributed by atoms with Gasteiger partial charge in [0, 0.05) is 44.7 Å². The third kappa shape index (κ3) is 6.21. The Morgan fingerprint density at radius 1 is 1.12 bits per heavy atom. The van der Waals surface area contributed by atoms with E-state index in [1.165, 1.54) is 0 Å². The van der Waals surface area contributed by atoms with Crippen LogP contribution >= 0.6 is 0 Å². The maximum absolute atomic E-state index is 13.3. The third-order valence-electron chi connectivity index (χ3n) is 5.51. The summed E-state index contributed by atoms with van der Waals surface area (Å²) in [5.74, 6) is 0.501. The average molecular weight is 441 g/mol. The van der Waals surface area contributed by atoms with E-state index < -0.39 is 6.03 Å². The highest BCUT2D eigenvalue weighted by molar-refractivity contribution is 6.02. The van der Waals surface area contributed by atoms with Crippen molar-refractivity contribution in [2.24, 2.45) is 5.92 Å². The van der Waals surface area contributed by atoms with E-state index in [9.17, 15) is 9.59 Å². The van der Waals surface area contributed by atoms with Crippen LogP contribution in [0.3, 0.4) is 0 Å². The molecule has 3 N–H and O–H groups in total. The minimum absolute atomic E-state index is 0.101. The molecule has 32 heavy (non-hydrogen) atoms. The average Bonchev–Trinajstić information content (AvgIpc) is 2.79. The number of amides is 3. The van der Waals surface area contributed by atoms with Crippen molar-refractivity contribution in [3.63, 3.8) is 0 Å². The molecular weight excluding hydrogens is 408 g/mol. The molecule has 0 fully saturated rings. The van der Waals surface area contributed by atoms with Gasteiger partial charge in [-0.1, -0.05) is 25.1 Å². The molecule has 0 aromatic heterocycles. The maximum atomic E-state index is 13.3. The van der Waals surface area contributed by atoms with Crippen LogP contribution in [0.25, 0.3) is 0 Å². The van der Waals surface area contributed by atoms with Crippen LogP contribution in [0.1, 0.15) is 24.2 Å². The summed E-state index contributed by atoms with van der Waals surface area (Å²) in [4.78, 5) is 27.3. The van der Waals surface area contributed by atoms with E-state index in [1.807, 2.05) is 25.1 Å². The van der Waals surface area contributed by atoms with Crippen LogP contribution in [0.15, 0.2) is 48.5 Å². The van der Waals surface area contributed by atoms with Gasteiger partial charge in [0.05, 0.1) is 11.7 Å². The Morgan fingerprint density at radius 3 is 2.56 bits per heavy atom. The van der Waals surface area contributed by atoms with Crippen molar-refractivity contribution in [3.8, 4) is 5.75 Å². The Hall–Kier alpha value is -3.10. The second-order valence-corrected chi connectivity index (χ2v) is 8.21. The van der Waals surface area contributed by atoms with Crippen molar-refractivity contribution in [2.45, 2.75) is 26.0 Å². The van der Waals surface area contributed by atoms with E-state index in [2.05, 4.69) is 22.9 Å². The smallest absolute Gasteiger partial charge is 0.323 e. The van der Waals surface area contributed by atoms with E-state index in [4.69, 9.17) is 9.47 Å². The highest BCUT2D eigenvalue weighted by Gasteiger charge is 2.25. The minimum atomic E-state index is -0.392. The fourth-order valence-electron chi connectivity index (χ4n) is 3.55. The lowest BCUT2D eigenvalue weighted by Crippen LogP contribution is -2.44. The van der Waals surface area contributed by atoms with Crippen LogP contribution in [0.5, 0.6) is 5.75 Å². The lowest BCUT2D eigenvalue weighted by atomic mass is 10.0. The van der Waals surface area contributed by atoms with Crippen LogP contribution in [0, 0.1) is 5.92 Å². The van der Waals surface area contributed by atoms with Crippen LogP contribution in [-0.2, 0) is 4.74 Å². The molecular formula is C24H32N4O4. The molecule has 172 valence electrons. The Labute approximate surface area is 189 Å². The van der Waals surface area contributed by atoms with Gasteiger partial charge in [-0.25, -0.2) is 4.79 Å². The van der Waals surface area contributed by atoms with E-state index in [0.29, 0.717) is 35.8 Å². The van der Waals surface area contributed by atoms with Crippen molar-refractivity contribution in [1.29, 1.82) is 0 Å². The predicted octanol–water partition coefficient (Wildman–Crippen LogP) is 3.42. The largest absolute Gasteiger partial charge is 0.491 e. The first-order valence-corrected chi connectivity index (χ1v) is 10.8. The number of likely N-dealkylation sites (N-methyl/N-ethyl adjacent to an activating group) is 1. The molecule has 8 heteroatoms. The van der Waals surface area contributed by atoms with Gasteiger partial charge in [-0.3, -0.25) is 4.79 Å². The molecule has 1 heterocycles. The summed E-state index contributed by atoms with van der Waals surface area (Å²) in [6.45, 7) is 5.75. The summed E-state index contributed by atoms with van der Waals surface area (Å²) in [6.07, 6.45) is -0.106. The number of anilines is 2. The summed E-state index contributed by atoms with van der Waals surface area (Å²) in [6, 6.07) is 13.9. The van der Waals surface area contributed by atoms with Gasteiger partial charge in [-0.15, -0.1) is 0 Å². The standard InChI is InChI=1S/C24H32N4O4/c1-16-13-25-17(2)15-32-21-11-10-19(27-24(30)26-18-8-6-5-7-9-18)12-20(21)23(29)28(3)14-22(16)31-4/h5-12,16-17,22,25H,13-15H2,1-4H3,(H2,26,27,30)/t16-,17+,22+/m1/s1. The molecule has 0 saturated heterocycles. The zero-order valence-electron chi connectivity index (χ0n) is 19.1. The van der Waals surface area contributed by atoms with Crippen molar-refractivity contribution < 1.29 is 19.1 Å². The summed E-state index contributed by atoms with van der Waals surface area (Å²) >= 11 is 0. The van der Waals surface area contributed by atoms with Gasteiger partial charge < -0.3 is 30.3 Å². The SMILES string of the molecule is CO[C@H]1CN(C)C(=O)c2cc(NC(=O)Nc3ccccc3)ccc2OC[C@H](C)NC[C@H]1C. The molecule has 1 aliphatic rings. The first-order valence-electron chi connectivity index (χ1n) is 10.8. The second kappa shape index (κ2) is 11.0. The van der Waals surface area contributed by atoms with Gasteiger partial charge in [-0.2, -0.15) is 0 Å². The Balaban J connectivity index is 1.82. The lowest BCUT2D eigenvalue weighted by Gasteiger charge is -2.30. The Bertz CT molecular complexity index is 921. The molecule has 0 bridgehead atoms. The molecule has 0 aliphatic carbocycles. The summed E-state index contributed by atoms with van der Waals surface area (Å²) in [5, 5.41) is 9.01. The van der Waals surface area contributed by atoms with Crippen molar-refractivity contribution in [3.05, 3.63) is 54.1 Å². The van der Waals surface area contributed by atoms with Gasteiger partial charge in [0.2, 0.25) is 0 Å². The summed E-state index contributed by atoms with van der Waals surface area (Å²) in [7, 11) is 3.41. The number of hydrogen-bond acceptors (Lipinski definition) is 5. The number of rotatable bonds is 3. The third-order valence-corrected chi connectivity index (χ3v) is 5.51. The monoisotopic (exact) mass is 440 g/mol. The predicted molar refractivity (Wildman–Crippen MR) is 125 cm³/mol. The van der Waals surface area contributed by atoms with Gasteiger partial charge in [0.1, 0.15) is 12.4 Å². The second-order valence-electron chi connectivity index (χ2n) is 8.21. The van der Waals surface area contributed by atoms with Gasteiger partial charge in [0.15, 0.2) is 0 Å². The molecule has 2 aromatic carbocycles. The van der Waals surface area contributed by atoms with Gasteiger partial charge in [0.25, 0.3) is 5.91 Å². The molecule has 1 aliphatic heterocycles. The number of fused-ring (bicyclic) bond motifs is 1. The Kier molecular flexibility index (Phi) is 8.08. The fraction of sp³-hybridized carbons (Fsp3) is 0.417. The number of methoxy groups -OCH3 is 1.